The molecule has 1 saturated heterocycles. The van der Waals surface area contributed by atoms with E-state index in [0.29, 0.717) is 13.0 Å². The van der Waals surface area contributed by atoms with Crippen molar-refractivity contribution >= 4 is 12.1 Å². The van der Waals surface area contributed by atoms with Gasteiger partial charge >= 0.3 is 12.1 Å². The monoisotopic (exact) mass is 297 g/mol. The number of carbonyl (C=O) groups excluding carboxylic acids is 2. The Bertz CT molecular complexity index is 667. The van der Waals surface area contributed by atoms with E-state index in [4.69, 9.17) is 4.74 Å². The van der Waals surface area contributed by atoms with E-state index >= 15 is 0 Å². The Labute approximate surface area is 127 Å². The summed E-state index contributed by atoms with van der Waals surface area (Å²) >= 11 is 0. The Kier molecular flexibility index (Phi) is 4.05. The normalized spacial score (nSPS) is 17.0. The summed E-state index contributed by atoms with van der Waals surface area (Å²) in [5, 5.41) is 2.47. The average Bonchev–Trinajstić information content (AvgIpc) is 2.85. The first kappa shape index (κ1) is 14.1. The van der Waals surface area contributed by atoms with Gasteiger partial charge < -0.3 is 14.8 Å². The molecule has 1 atom stereocenters. The van der Waals surface area contributed by atoms with Crippen LogP contribution in [0.4, 0.5) is 4.79 Å². The smallest absolute Gasteiger partial charge is 0.415 e. The van der Waals surface area contributed by atoms with Gasteiger partial charge in [-0.15, -0.1) is 0 Å². The third kappa shape index (κ3) is 3.44. The zero-order valence-corrected chi connectivity index (χ0v) is 11.8. The molecule has 0 saturated carbocycles. The van der Waals surface area contributed by atoms with Gasteiger partial charge in [-0.1, -0.05) is 42.5 Å². The zero-order valence-electron chi connectivity index (χ0n) is 11.8. The lowest BCUT2D eigenvalue weighted by molar-refractivity contribution is -0.135. The van der Waals surface area contributed by atoms with Crippen molar-refractivity contribution in [2.75, 3.05) is 0 Å². The minimum Gasteiger partial charge on any atom is -0.489 e. The minimum atomic E-state index is -0.683. The van der Waals surface area contributed by atoms with Crippen molar-refractivity contribution in [3.8, 4) is 5.75 Å². The summed E-state index contributed by atoms with van der Waals surface area (Å²) in [5.74, 6) is 0.222. The van der Waals surface area contributed by atoms with Crippen LogP contribution in [-0.4, -0.2) is 18.1 Å². The molecule has 2 aromatic rings. The predicted octanol–water partition coefficient (Wildman–Crippen LogP) is 2.44. The largest absolute Gasteiger partial charge is 0.489 e. The quantitative estimate of drug-likeness (QED) is 0.680. The van der Waals surface area contributed by atoms with Gasteiger partial charge in [0, 0.05) is 6.42 Å². The number of nitrogens with one attached hydrogen (secondary N) is 1. The molecule has 5 heteroatoms. The fraction of sp³-hybridized carbons (Fsp3) is 0.176. The lowest BCUT2D eigenvalue weighted by Crippen LogP contribution is -2.30. The highest BCUT2D eigenvalue weighted by molar-refractivity contribution is 5.95. The van der Waals surface area contributed by atoms with Crippen LogP contribution in [-0.2, 0) is 22.6 Å². The number of benzene rings is 2. The van der Waals surface area contributed by atoms with E-state index in [2.05, 4.69) is 10.1 Å². The van der Waals surface area contributed by atoms with Crippen molar-refractivity contribution in [2.45, 2.75) is 19.1 Å². The molecule has 0 aromatic heterocycles. The van der Waals surface area contributed by atoms with Crippen LogP contribution in [0.1, 0.15) is 11.1 Å². The fourth-order valence-corrected chi connectivity index (χ4v) is 2.23. The molecule has 112 valence electrons. The number of ether oxygens (including phenoxy) is 2. The molecule has 1 aliphatic rings. The molecular weight excluding hydrogens is 282 g/mol. The Morgan fingerprint density at radius 1 is 0.955 bits per heavy atom. The van der Waals surface area contributed by atoms with Crippen LogP contribution in [0.25, 0.3) is 0 Å². The third-order valence-corrected chi connectivity index (χ3v) is 3.38. The second kappa shape index (κ2) is 6.30. The summed E-state index contributed by atoms with van der Waals surface area (Å²) in [7, 11) is 0. The molecule has 1 fully saturated rings. The standard InChI is InChI=1S/C17H15NO4/c19-16-15(18-17(20)22-16)10-12-6-8-14(9-7-12)21-11-13-4-2-1-3-5-13/h1-9,15H,10-11H2,(H,18,20)/t15-/m0/s1. The summed E-state index contributed by atoms with van der Waals surface area (Å²) in [4.78, 5) is 22.3. The van der Waals surface area contributed by atoms with E-state index < -0.39 is 18.1 Å². The van der Waals surface area contributed by atoms with Gasteiger partial charge in [0.2, 0.25) is 0 Å². The highest BCUT2D eigenvalue weighted by Crippen LogP contribution is 2.16. The second-order valence-corrected chi connectivity index (χ2v) is 5.03. The van der Waals surface area contributed by atoms with E-state index in [1.54, 1.807) is 0 Å². The van der Waals surface area contributed by atoms with Crippen molar-refractivity contribution in [1.29, 1.82) is 0 Å². The molecule has 0 aliphatic carbocycles. The molecule has 0 unspecified atom stereocenters. The molecule has 2 aromatic carbocycles. The summed E-state index contributed by atoms with van der Waals surface area (Å²) in [6.45, 7) is 0.505. The predicted molar refractivity (Wildman–Crippen MR) is 79.3 cm³/mol. The van der Waals surface area contributed by atoms with Crippen LogP contribution >= 0.6 is 0 Å². The van der Waals surface area contributed by atoms with Gasteiger partial charge in [-0.25, -0.2) is 9.59 Å². The SMILES string of the molecule is O=C1N[C@@H](Cc2ccc(OCc3ccccc3)cc2)C(=O)O1. The molecule has 1 amide bonds. The number of hydrogen-bond donors (Lipinski definition) is 1. The third-order valence-electron chi connectivity index (χ3n) is 3.38. The number of alkyl carbamates (subject to hydrolysis) is 1. The van der Waals surface area contributed by atoms with Crippen LogP contribution < -0.4 is 10.1 Å². The van der Waals surface area contributed by atoms with E-state index in [0.717, 1.165) is 16.9 Å². The Balaban J connectivity index is 1.56. The van der Waals surface area contributed by atoms with Crippen LogP contribution in [0, 0.1) is 0 Å². The van der Waals surface area contributed by atoms with Crippen molar-refractivity contribution < 1.29 is 19.1 Å². The van der Waals surface area contributed by atoms with Gasteiger partial charge in [-0.3, -0.25) is 0 Å². The number of cyclic esters (lactones) is 2. The molecule has 1 N–H and O–H groups in total. The van der Waals surface area contributed by atoms with Gasteiger partial charge in [0.15, 0.2) is 0 Å². The Morgan fingerprint density at radius 2 is 1.68 bits per heavy atom. The molecule has 0 radical (unpaired) electrons. The first-order valence-electron chi connectivity index (χ1n) is 6.98. The number of amides is 1. The fourth-order valence-electron chi connectivity index (χ4n) is 2.23. The lowest BCUT2D eigenvalue weighted by Gasteiger charge is -2.09. The first-order valence-corrected chi connectivity index (χ1v) is 6.98. The minimum absolute atomic E-state index is 0.406. The molecule has 3 rings (SSSR count). The van der Waals surface area contributed by atoms with E-state index in [9.17, 15) is 9.59 Å². The van der Waals surface area contributed by atoms with Crippen molar-refractivity contribution in [3.63, 3.8) is 0 Å². The molecule has 0 spiro atoms. The van der Waals surface area contributed by atoms with Crippen molar-refractivity contribution in [2.24, 2.45) is 0 Å². The van der Waals surface area contributed by atoms with Gasteiger partial charge in [-0.2, -0.15) is 0 Å². The molecule has 1 heterocycles. The van der Waals surface area contributed by atoms with Crippen LogP contribution in [0.2, 0.25) is 0 Å². The van der Waals surface area contributed by atoms with E-state index in [1.165, 1.54) is 0 Å². The molecular formula is C17H15NO4. The lowest BCUT2D eigenvalue weighted by atomic mass is 10.1. The number of esters is 1. The molecule has 22 heavy (non-hydrogen) atoms. The maximum Gasteiger partial charge on any atom is 0.415 e. The number of carbonyl (C=O) groups is 2. The number of rotatable bonds is 5. The summed E-state index contributed by atoms with van der Waals surface area (Å²) in [5.41, 5.74) is 2.03. The molecule has 0 bridgehead atoms. The van der Waals surface area contributed by atoms with E-state index in [-0.39, 0.29) is 0 Å². The maximum absolute atomic E-state index is 11.4. The van der Waals surface area contributed by atoms with E-state index in [1.807, 2.05) is 54.6 Å². The van der Waals surface area contributed by atoms with Crippen LogP contribution in [0.3, 0.4) is 0 Å². The highest BCUT2D eigenvalue weighted by atomic mass is 16.6. The number of hydrogen-bond acceptors (Lipinski definition) is 4. The maximum atomic E-state index is 11.4. The van der Waals surface area contributed by atoms with Crippen LogP contribution in [0.15, 0.2) is 54.6 Å². The first-order chi connectivity index (χ1) is 10.7. The van der Waals surface area contributed by atoms with Gasteiger partial charge in [0.05, 0.1) is 0 Å². The van der Waals surface area contributed by atoms with Gasteiger partial charge in [-0.05, 0) is 23.3 Å². The molecule has 1 aliphatic heterocycles. The Morgan fingerprint density at radius 3 is 2.32 bits per heavy atom. The van der Waals surface area contributed by atoms with Gasteiger partial charge in [0.1, 0.15) is 18.4 Å². The summed E-state index contributed by atoms with van der Waals surface area (Å²) in [6.07, 6.45) is -0.276. The Hall–Kier alpha value is -2.82. The summed E-state index contributed by atoms with van der Waals surface area (Å²) in [6, 6.07) is 16.7. The van der Waals surface area contributed by atoms with Crippen molar-refractivity contribution in [3.05, 3.63) is 65.7 Å². The zero-order chi connectivity index (χ0) is 15.4. The van der Waals surface area contributed by atoms with Crippen LogP contribution in [0.5, 0.6) is 5.75 Å². The topological polar surface area (TPSA) is 64.6 Å². The second-order valence-electron chi connectivity index (χ2n) is 5.03. The summed E-state index contributed by atoms with van der Waals surface area (Å²) < 4.78 is 10.1. The average molecular weight is 297 g/mol. The molecule has 5 nitrogen and oxygen atoms in total. The van der Waals surface area contributed by atoms with Gasteiger partial charge in [0.25, 0.3) is 0 Å². The van der Waals surface area contributed by atoms with Crippen molar-refractivity contribution in [1.82, 2.24) is 5.32 Å². The highest BCUT2D eigenvalue weighted by Gasteiger charge is 2.32.